The van der Waals surface area contributed by atoms with Crippen molar-refractivity contribution >= 4 is 63.6 Å². The standard InChI is InChI=1S/C25H28B3N3O6/c26-17-8-13(9-30-6-7-36-12-21(30)33)22(27)23(28)16(17)11-37-19-3-1-2-14-15(19)10-31(25(14)35)18-4-5-20(32)29-24(18)34/h1-3,8,18H,4-7,9-12,26-28H2,(H,29,32,34). The molecule has 5 rings (SSSR count). The van der Waals surface area contributed by atoms with Gasteiger partial charge in [-0.25, -0.2) is 0 Å². The lowest BCUT2D eigenvalue weighted by atomic mass is 9.70. The maximum absolute atomic E-state index is 13.1. The van der Waals surface area contributed by atoms with Gasteiger partial charge in [-0.15, -0.1) is 0 Å². The second-order valence-electron chi connectivity index (χ2n) is 9.92. The molecule has 2 aromatic carbocycles. The summed E-state index contributed by atoms with van der Waals surface area (Å²) < 4.78 is 11.5. The van der Waals surface area contributed by atoms with Crippen LogP contribution in [0.3, 0.4) is 0 Å². The summed E-state index contributed by atoms with van der Waals surface area (Å²) in [5, 5.41) is 2.33. The summed E-state index contributed by atoms with van der Waals surface area (Å²) >= 11 is 0. The van der Waals surface area contributed by atoms with Gasteiger partial charge in [0.2, 0.25) is 17.7 Å². The molecule has 3 aliphatic heterocycles. The number of fused-ring (bicyclic) bond motifs is 1. The minimum Gasteiger partial charge on any atom is -0.489 e. The summed E-state index contributed by atoms with van der Waals surface area (Å²) in [5.41, 5.74) is 6.78. The van der Waals surface area contributed by atoms with Gasteiger partial charge < -0.3 is 19.3 Å². The molecule has 188 valence electrons. The van der Waals surface area contributed by atoms with Crippen molar-refractivity contribution in [1.82, 2.24) is 15.1 Å². The van der Waals surface area contributed by atoms with Crippen molar-refractivity contribution in [2.45, 2.75) is 38.6 Å². The molecule has 3 heterocycles. The molecule has 0 saturated carbocycles. The van der Waals surface area contributed by atoms with E-state index in [1.807, 2.05) is 18.8 Å². The molecule has 0 radical (unpaired) electrons. The SMILES string of the molecule is Bc1cc(CN2CCOCC2=O)c(B)c(B)c1COc1cccc2c1CN(C1CCC(=O)NC1=O)C2=O. The van der Waals surface area contributed by atoms with E-state index in [-0.39, 0.29) is 37.3 Å². The van der Waals surface area contributed by atoms with Crippen LogP contribution in [0.1, 0.15) is 39.9 Å². The van der Waals surface area contributed by atoms with Gasteiger partial charge in [-0.3, -0.25) is 24.5 Å². The highest BCUT2D eigenvalue weighted by atomic mass is 16.5. The molecule has 3 aliphatic rings. The molecule has 2 fully saturated rings. The fourth-order valence-electron chi connectivity index (χ4n) is 5.37. The first-order valence-electron chi connectivity index (χ1n) is 12.6. The normalized spacial score (nSPS) is 19.7. The van der Waals surface area contributed by atoms with E-state index in [1.165, 1.54) is 4.90 Å². The van der Waals surface area contributed by atoms with Gasteiger partial charge in [0, 0.05) is 30.6 Å². The topological polar surface area (TPSA) is 105 Å². The van der Waals surface area contributed by atoms with E-state index in [0.29, 0.717) is 44.0 Å². The molecule has 2 aromatic rings. The first-order chi connectivity index (χ1) is 17.7. The van der Waals surface area contributed by atoms with E-state index in [0.717, 1.165) is 33.1 Å². The second-order valence-corrected chi connectivity index (χ2v) is 9.92. The summed E-state index contributed by atoms with van der Waals surface area (Å²) in [4.78, 5) is 52.6. The van der Waals surface area contributed by atoms with Gasteiger partial charge in [-0.05, 0) is 29.7 Å². The van der Waals surface area contributed by atoms with Crippen molar-refractivity contribution in [2.75, 3.05) is 19.8 Å². The van der Waals surface area contributed by atoms with Gasteiger partial charge in [0.05, 0.1) is 13.2 Å². The maximum atomic E-state index is 13.1. The molecule has 1 atom stereocenters. The fourth-order valence-corrected chi connectivity index (χ4v) is 5.37. The van der Waals surface area contributed by atoms with E-state index < -0.39 is 11.9 Å². The quantitative estimate of drug-likeness (QED) is 0.323. The van der Waals surface area contributed by atoms with Crippen LogP contribution in [0.2, 0.25) is 0 Å². The van der Waals surface area contributed by atoms with Gasteiger partial charge in [0.15, 0.2) is 0 Å². The van der Waals surface area contributed by atoms with Crippen molar-refractivity contribution < 1.29 is 28.7 Å². The number of piperidine rings is 1. The van der Waals surface area contributed by atoms with Crippen molar-refractivity contribution in [1.29, 1.82) is 0 Å². The Morgan fingerprint density at radius 1 is 1.11 bits per heavy atom. The van der Waals surface area contributed by atoms with Crippen molar-refractivity contribution in [3.05, 3.63) is 46.5 Å². The van der Waals surface area contributed by atoms with Crippen LogP contribution in [0, 0.1) is 0 Å². The number of morpholine rings is 1. The predicted molar refractivity (Wildman–Crippen MR) is 144 cm³/mol. The molecule has 9 nitrogen and oxygen atoms in total. The van der Waals surface area contributed by atoms with Gasteiger partial charge >= 0.3 is 0 Å². The third-order valence-electron chi connectivity index (χ3n) is 7.72. The van der Waals surface area contributed by atoms with Gasteiger partial charge in [0.25, 0.3) is 5.91 Å². The van der Waals surface area contributed by atoms with Crippen molar-refractivity contribution in [2.24, 2.45) is 0 Å². The first-order valence-corrected chi connectivity index (χ1v) is 12.6. The zero-order valence-corrected chi connectivity index (χ0v) is 21.4. The zero-order valence-electron chi connectivity index (χ0n) is 21.4. The smallest absolute Gasteiger partial charge is 0.255 e. The molecule has 12 heteroatoms. The number of nitrogens with zero attached hydrogens (tertiary/aromatic N) is 2. The number of nitrogens with one attached hydrogen (secondary N) is 1. The number of rotatable bonds is 6. The van der Waals surface area contributed by atoms with Crippen molar-refractivity contribution in [3.63, 3.8) is 0 Å². The van der Waals surface area contributed by atoms with E-state index in [4.69, 9.17) is 9.47 Å². The van der Waals surface area contributed by atoms with Crippen LogP contribution in [-0.4, -0.2) is 82.8 Å². The number of carbonyl (C=O) groups is 4. The molecule has 0 spiro atoms. The Morgan fingerprint density at radius 2 is 1.92 bits per heavy atom. The number of ether oxygens (including phenoxy) is 2. The molecule has 37 heavy (non-hydrogen) atoms. The molecule has 0 aliphatic carbocycles. The van der Waals surface area contributed by atoms with Crippen LogP contribution in [0.15, 0.2) is 24.3 Å². The average Bonchev–Trinajstić information content (AvgIpc) is 3.20. The Kier molecular flexibility index (Phi) is 6.85. The highest BCUT2D eigenvalue weighted by Crippen LogP contribution is 2.33. The Morgan fingerprint density at radius 3 is 2.68 bits per heavy atom. The summed E-state index contributed by atoms with van der Waals surface area (Å²) in [6, 6.07) is 6.83. The van der Waals surface area contributed by atoms with E-state index in [1.54, 1.807) is 12.1 Å². The van der Waals surface area contributed by atoms with E-state index in [2.05, 4.69) is 27.1 Å². The lowest BCUT2D eigenvalue weighted by Gasteiger charge is -2.29. The predicted octanol–water partition coefficient (Wildman–Crippen LogP) is -3.84. The lowest BCUT2D eigenvalue weighted by molar-refractivity contribution is -0.143. The van der Waals surface area contributed by atoms with Gasteiger partial charge in [-0.2, -0.15) is 0 Å². The lowest BCUT2D eigenvalue weighted by Crippen LogP contribution is -2.52. The average molecular weight is 499 g/mol. The third-order valence-corrected chi connectivity index (χ3v) is 7.72. The summed E-state index contributed by atoms with van der Waals surface area (Å²) in [7, 11) is 6.17. The monoisotopic (exact) mass is 499 g/mol. The minimum atomic E-state index is -0.663. The number of carbonyl (C=O) groups excluding carboxylic acids is 4. The number of hydrogen-bond donors (Lipinski definition) is 1. The Bertz CT molecular complexity index is 1320. The van der Waals surface area contributed by atoms with Crippen molar-refractivity contribution in [3.8, 4) is 5.75 Å². The largest absolute Gasteiger partial charge is 0.489 e. The fraction of sp³-hybridized carbons (Fsp3) is 0.360. The maximum Gasteiger partial charge on any atom is 0.255 e. The Labute approximate surface area is 218 Å². The summed E-state index contributed by atoms with van der Waals surface area (Å²) in [6.45, 7) is 2.43. The number of amides is 4. The molecular weight excluding hydrogens is 471 g/mol. The number of hydrogen-bond acceptors (Lipinski definition) is 6. The Balaban J connectivity index is 1.33. The van der Waals surface area contributed by atoms with Crippen LogP contribution in [0.5, 0.6) is 5.75 Å². The third kappa shape index (κ3) is 4.77. The summed E-state index contributed by atoms with van der Waals surface area (Å²) in [6.07, 6.45) is 0.536. The Hall–Kier alpha value is -3.53. The van der Waals surface area contributed by atoms with E-state index >= 15 is 0 Å². The zero-order chi connectivity index (χ0) is 26.3. The molecular formula is C25H28B3N3O6. The van der Waals surface area contributed by atoms with Crippen LogP contribution >= 0.6 is 0 Å². The van der Waals surface area contributed by atoms with Crippen LogP contribution in [0.25, 0.3) is 0 Å². The minimum absolute atomic E-state index is 0.00666. The molecule has 4 amide bonds. The highest BCUT2D eigenvalue weighted by molar-refractivity contribution is 6.51. The van der Waals surface area contributed by atoms with E-state index in [9.17, 15) is 19.2 Å². The summed E-state index contributed by atoms with van der Waals surface area (Å²) in [5.74, 6) is -0.342. The second kappa shape index (κ2) is 10.1. The number of imide groups is 1. The molecule has 0 aromatic heterocycles. The highest BCUT2D eigenvalue weighted by Gasteiger charge is 2.40. The molecule has 0 bridgehead atoms. The van der Waals surface area contributed by atoms with Crippen LogP contribution in [0.4, 0.5) is 0 Å². The molecule has 1 unspecified atom stereocenters. The van der Waals surface area contributed by atoms with Gasteiger partial charge in [0.1, 0.15) is 48.5 Å². The number of benzene rings is 2. The van der Waals surface area contributed by atoms with Crippen LogP contribution < -0.4 is 26.4 Å². The van der Waals surface area contributed by atoms with Gasteiger partial charge in [-0.1, -0.05) is 28.5 Å². The molecule has 1 N–H and O–H groups in total. The molecule has 2 saturated heterocycles. The van der Waals surface area contributed by atoms with Crippen LogP contribution in [-0.2, 0) is 38.8 Å². The first kappa shape index (κ1) is 25.1.